The van der Waals surface area contributed by atoms with Gasteiger partial charge in [0.1, 0.15) is 5.75 Å². The molecule has 0 heterocycles. The number of sulfonamides is 1. The fourth-order valence-electron chi connectivity index (χ4n) is 3.61. The van der Waals surface area contributed by atoms with E-state index in [0.29, 0.717) is 6.54 Å². The summed E-state index contributed by atoms with van der Waals surface area (Å²) in [6, 6.07) is 20.4. The smallest absolute Gasteiger partial charge is 0.243 e. The predicted octanol–water partition coefficient (Wildman–Crippen LogP) is 3.66. The number of methoxy groups -OCH3 is 1. The fourth-order valence-corrected chi connectivity index (χ4v) is 4.77. The van der Waals surface area contributed by atoms with Crippen LogP contribution < -0.4 is 4.74 Å². The zero-order chi connectivity index (χ0) is 22.0. The molecule has 0 spiro atoms. The van der Waals surface area contributed by atoms with E-state index >= 15 is 0 Å². The van der Waals surface area contributed by atoms with Crippen molar-refractivity contribution in [1.82, 2.24) is 9.21 Å². The molecule has 162 valence electrons. The van der Waals surface area contributed by atoms with Gasteiger partial charge in [0.25, 0.3) is 0 Å². The van der Waals surface area contributed by atoms with Crippen LogP contribution in [0, 0.1) is 0 Å². The number of hydrogen-bond acceptors (Lipinski definition) is 4. The summed E-state index contributed by atoms with van der Waals surface area (Å²) >= 11 is 0. The van der Waals surface area contributed by atoms with Gasteiger partial charge < -0.3 is 9.64 Å². The van der Waals surface area contributed by atoms with Gasteiger partial charge in [-0.05, 0) is 53.4 Å². The summed E-state index contributed by atoms with van der Waals surface area (Å²) in [6.07, 6.45) is 1.89. The quantitative estimate of drug-likeness (QED) is 0.538. The van der Waals surface area contributed by atoms with Gasteiger partial charge in [0, 0.05) is 19.6 Å². The van der Waals surface area contributed by atoms with Crippen molar-refractivity contribution >= 4 is 26.7 Å². The van der Waals surface area contributed by atoms with Crippen molar-refractivity contribution in [3.8, 4) is 5.75 Å². The Morgan fingerprint density at radius 2 is 1.68 bits per heavy atom. The average molecular weight is 439 g/mol. The number of amides is 1. The Hall–Kier alpha value is -2.90. The second kappa shape index (κ2) is 8.69. The van der Waals surface area contributed by atoms with Gasteiger partial charge in [-0.25, -0.2) is 8.42 Å². The molecule has 7 heteroatoms. The molecule has 31 heavy (non-hydrogen) atoms. The highest BCUT2D eigenvalue weighted by Gasteiger charge is 2.34. The first-order chi connectivity index (χ1) is 14.9. The maximum absolute atomic E-state index is 13.1. The summed E-state index contributed by atoms with van der Waals surface area (Å²) in [5, 5.41) is 1.82. The van der Waals surface area contributed by atoms with Crippen LogP contribution in [-0.4, -0.2) is 50.3 Å². The normalized spacial score (nSPS) is 14.0. The Morgan fingerprint density at radius 1 is 1.00 bits per heavy atom. The Balaban J connectivity index is 1.49. The maximum atomic E-state index is 13.1. The number of hydrogen-bond donors (Lipinski definition) is 0. The summed E-state index contributed by atoms with van der Waals surface area (Å²) in [6.45, 7) is 0.263. The highest BCUT2D eigenvalue weighted by molar-refractivity contribution is 7.89. The Morgan fingerprint density at radius 3 is 2.32 bits per heavy atom. The molecule has 1 amide bonds. The van der Waals surface area contributed by atoms with Gasteiger partial charge in [-0.2, -0.15) is 4.31 Å². The standard InChI is InChI=1S/C24H26N2O4S/c1-25(31(28,29)23-14-9-19-5-3-4-6-20(19)15-23)17-24(27)26(21-10-11-21)16-18-7-12-22(30-2)13-8-18/h3-9,12-15,21H,10-11,16-17H2,1-2H3. The molecule has 1 aliphatic carbocycles. The number of benzene rings is 3. The van der Waals surface area contributed by atoms with E-state index < -0.39 is 10.0 Å². The number of fused-ring (bicyclic) bond motifs is 1. The minimum atomic E-state index is -3.78. The lowest BCUT2D eigenvalue weighted by Gasteiger charge is -2.25. The summed E-state index contributed by atoms with van der Waals surface area (Å²) in [5.41, 5.74) is 0.987. The average Bonchev–Trinajstić information content (AvgIpc) is 3.62. The summed E-state index contributed by atoms with van der Waals surface area (Å²) in [4.78, 5) is 15.0. The maximum Gasteiger partial charge on any atom is 0.243 e. The molecular formula is C24H26N2O4S. The van der Waals surface area contributed by atoms with Crippen molar-refractivity contribution in [3.63, 3.8) is 0 Å². The summed E-state index contributed by atoms with van der Waals surface area (Å²) in [7, 11) is -0.706. The van der Waals surface area contributed by atoms with Crippen LogP contribution in [0.2, 0.25) is 0 Å². The fraction of sp³-hybridized carbons (Fsp3) is 0.292. The van der Waals surface area contributed by atoms with Crippen LogP contribution in [0.4, 0.5) is 0 Å². The van der Waals surface area contributed by atoms with Gasteiger partial charge in [-0.15, -0.1) is 0 Å². The van der Waals surface area contributed by atoms with Crippen molar-refractivity contribution in [2.45, 2.75) is 30.3 Å². The van der Waals surface area contributed by atoms with Gasteiger partial charge in [-0.3, -0.25) is 4.79 Å². The zero-order valence-corrected chi connectivity index (χ0v) is 18.5. The van der Waals surface area contributed by atoms with E-state index in [1.54, 1.807) is 30.2 Å². The third kappa shape index (κ3) is 4.73. The summed E-state index contributed by atoms with van der Waals surface area (Å²) < 4.78 is 32.5. The second-order valence-electron chi connectivity index (χ2n) is 7.87. The Labute approximate surface area is 183 Å². The minimum absolute atomic E-state index is 0.173. The van der Waals surface area contributed by atoms with Crippen LogP contribution in [0.25, 0.3) is 10.8 Å². The molecule has 1 fully saturated rings. The topological polar surface area (TPSA) is 66.9 Å². The van der Waals surface area contributed by atoms with Gasteiger partial charge in [0.05, 0.1) is 18.6 Å². The highest BCUT2D eigenvalue weighted by Crippen LogP contribution is 2.29. The first kappa shape index (κ1) is 21.3. The SMILES string of the molecule is COc1ccc(CN(C(=O)CN(C)S(=O)(=O)c2ccc3ccccc3c2)C2CC2)cc1. The second-order valence-corrected chi connectivity index (χ2v) is 9.92. The number of nitrogens with zero attached hydrogens (tertiary/aromatic N) is 2. The van der Waals surface area contributed by atoms with Crippen LogP contribution in [0.3, 0.4) is 0 Å². The number of carbonyl (C=O) groups excluding carboxylic acids is 1. The van der Waals surface area contributed by atoms with E-state index in [9.17, 15) is 13.2 Å². The molecule has 0 N–H and O–H groups in total. The van der Waals surface area contributed by atoms with Crippen molar-refractivity contribution < 1.29 is 17.9 Å². The molecule has 6 nitrogen and oxygen atoms in total. The first-order valence-electron chi connectivity index (χ1n) is 10.3. The van der Waals surface area contributed by atoms with E-state index in [-0.39, 0.29) is 23.4 Å². The minimum Gasteiger partial charge on any atom is -0.497 e. The highest BCUT2D eigenvalue weighted by atomic mass is 32.2. The third-order valence-corrected chi connectivity index (χ3v) is 7.41. The molecule has 0 aromatic heterocycles. The van der Waals surface area contributed by atoms with Crippen molar-refractivity contribution in [2.24, 2.45) is 0 Å². The molecule has 0 aliphatic heterocycles. The molecule has 0 radical (unpaired) electrons. The van der Waals surface area contributed by atoms with E-state index in [1.165, 1.54) is 7.05 Å². The van der Waals surface area contributed by atoms with Crippen LogP contribution in [0.1, 0.15) is 18.4 Å². The molecule has 0 bridgehead atoms. The molecule has 1 saturated carbocycles. The van der Waals surface area contributed by atoms with Crippen LogP contribution >= 0.6 is 0 Å². The van der Waals surface area contributed by atoms with Crippen molar-refractivity contribution in [3.05, 3.63) is 72.3 Å². The molecule has 0 saturated heterocycles. The largest absolute Gasteiger partial charge is 0.497 e. The van der Waals surface area contributed by atoms with Gasteiger partial charge >= 0.3 is 0 Å². The third-order valence-electron chi connectivity index (χ3n) is 5.61. The molecule has 1 aliphatic rings. The van der Waals surface area contributed by atoms with Crippen molar-refractivity contribution in [1.29, 1.82) is 0 Å². The first-order valence-corrected chi connectivity index (χ1v) is 11.7. The lowest BCUT2D eigenvalue weighted by atomic mass is 10.1. The van der Waals surface area contributed by atoms with E-state index in [2.05, 4.69) is 0 Å². The molecule has 3 aromatic rings. The predicted molar refractivity (Wildman–Crippen MR) is 120 cm³/mol. The zero-order valence-electron chi connectivity index (χ0n) is 17.7. The van der Waals surface area contributed by atoms with Gasteiger partial charge in [0.2, 0.25) is 15.9 Å². The molecule has 0 unspecified atom stereocenters. The van der Waals surface area contributed by atoms with Crippen molar-refractivity contribution in [2.75, 3.05) is 20.7 Å². The van der Waals surface area contributed by atoms with E-state index in [1.807, 2.05) is 48.5 Å². The van der Waals surface area contributed by atoms with E-state index in [0.717, 1.165) is 39.2 Å². The summed E-state index contributed by atoms with van der Waals surface area (Å²) in [5.74, 6) is 0.569. The molecule has 3 aromatic carbocycles. The molecule has 4 rings (SSSR count). The number of rotatable bonds is 8. The lowest BCUT2D eigenvalue weighted by molar-refractivity contribution is -0.132. The molecular weight excluding hydrogens is 412 g/mol. The van der Waals surface area contributed by atoms with Gasteiger partial charge in [0.15, 0.2) is 0 Å². The monoisotopic (exact) mass is 438 g/mol. The Kier molecular flexibility index (Phi) is 5.98. The number of ether oxygens (including phenoxy) is 1. The lowest BCUT2D eigenvalue weighted by Crippen LogP contribution is -2.41. The van der Waals surface area contributed by atoms with Crippen LogP contribution in [-0.2, 0) is 21.4 Å². The number of carbonyl (C=O) groups is 1. The van der Waals surface area contributed by atoms with Gasteiger partial charge in [-0.1, -0.05) is 42.5 Å². The Bertz CT molecular complexity index is 1190. The van der Waals surface area contributed by atoms with E-state index in [4.69, 9.17) is 4.74 Å². The van der Waals surface area contributed by atoms with Crippen LogP contribution in [0.5, 0.6) is 5.75 Å². The number of likely N-dealkylation sites (N-methyl/N-ethyl adjacent to an activating group) is 1. The molecule has 0 atom stereocenters. The van der Waals surface area contributed by atoms with Crippen LogP contribution in [0.15, 0.2) is 71.6 Å².